The van der Waals surface area contributed by atoms with Crippen LogP contribution in [0, 0.1) is 0 Å². The topological polar surface area (TPSA) is 106 Å². The van der Waals surface area contributed by atoms with Crippen molar-refractivity contribution in [3.05, 3.63) is 0 Å². The molecule has 9 heteroatoms. The van der Waals surface area contributed by atoms with Crippen LogP contribution in [0.25, 0.3) is 0 Å². The lowest BCUT2D eigenvalue weighted by Gasteiger charge is -2.21. The van der Waals surface area contributed by atoms with Crippen LogP contribution in [-0.2, 0) is 14.6 Å². The number of sulfone groups is 1. The molecule has 0 aromatic carbocycles. The van der Waals surface area contributed by atoms with Crippen LogP contribution >= 0.6 is 11.5 Å². The molecule has 7 nitrogen and oxygen atoms in total. The molecule has 0 amide bonds. The fourth-order valence-electron chi connectivity index (χ4n) is 1.98. The van der Waals surface area contributed by atoms with Crippen molar-refractivity contribution in [1.82, 2.24) is 4.37 Å². The molecule has 20 heavy (non-hydrogen) atoms. The van der Waals surface area contributed by atoms with E-state index >= 15 is 0 Å². The zero-order valence-electron chi connectivity index (χ0n) is 11.4. The van der Waals surface area contributed by atoms with Crippen LogP contribution in [0.1, 0.15) is 12.8 Å². The normalized spacial score (nSPS) is 17.1. The molecule has 1 heterocycles. The summed E-state index contributed by atoms with van der Waals surface area (Å²) < 4.78 is 33.6. The smallest absolute Gasteiger partial charge is 0.187 e. The Bertz CT molecular complexity index is 568. The number of nitrogens with zero attached hydrogens (tertiary/aromatic N) is 2. The SMILES string of the molecule is COCC(O)CN(C)c1snc(N)c1S(=O)(=O)C1CC1. The number of hydrogen-bond acceptors (Lipinski definition) is 8. The van der Waals surface area contributed by atoms with Crippen LogP contribution in [-0.4, -0.2) is 56.6 Å². The van der Waals surface area contributed by atoms with Gasteiger partial charge in [0.2, 0.25) is 0 Å². The fourth-order valence-corrected chi connectivity index (χ4v) is 5.01. The molecular weight excluding hydrogens is 302 g/mol. The molecule has 0 spiro atoms. The molecule has 1 aliphatic carbocycles. The Morgan fingerprint density at radius 2 is 2.25 bits per heavy atom. The minimum absolute atomic E-state index is 0.0463. The highest BCUT2D eigenvalue weighted by molar-refractivity contribution is 7.92. The first-order chi connectivity index (χ1) is 9.37. The maximum atomic E-state index is 12.4. The number of methoxy groups -OCH3 is 1. The average Bonchev–Trinajstić information content (AvgIpc) is 3.13. The van der Waals surface area contributed by atoms with E-state index in [0.717, 1.165) is 11.5 Å². The minimum atomic E-state index is -3.41. The number of hydrogen-bond donors (Lipinski definition) is 2. The number of aliphatic hydroxyl groups is 1. The number of rotatable bonds is 7. The summed E-state index contributed by atoms with van der Waals surface area (Å²) in [6.45, 7) is 0.437. The third-order valence-corrected chi connectivity index (χ3v) is 6.52. The molecule has 0 saturated heterocycles. The van der Waals surface area contributed by atoms with Gasteiger partial charge in [0.1, 0.15) is 9.90 Å². The predicted molar refractivity (Wildman–Crippen MR) is 77.9 cm³/mol. The van der Waals surface area contributed by atoms with Gasteiger partial charge in [-0.05, 0) is 24.4 Å². The van der Waals surface area contributed by atoms with Crippen molar-refractivity contribution in [1.29, 1.82) is 0 Å². The predicted octanol–water partition coefficient (Wildman–Crippen LogP) is 0.105. The highest BCUT2D eigenvalue weighted by Crippen LogP contribution is 2.42. The zero-order valence-corrected chi connectivity index (χ0v) is 13.1. The van der Waals surface area contributed by atoms with Crippen molar-refractivity contribution in [3.8, 4) is 0 Å². The highest BCUT2D eigenvalue weighted by Gasteiger charge is 2.41. The highest BCUT2D eigenvalue weighted by atomic mass is 32.2. The summed E-state index contributed by atoms with van der Waals surface area (Å²) in [6.07, 6.45) is 0.643. The number of nitrogen functional groups attached to an aromatic ring is 1. The molecule has 114 valence electrons. The van der Waals surface area contributed by atoms with Gasteiger partial charge in [0.15, 0.2) is 15.7 Å². The van der Waals surface area contributed by atoms with Gasteiger partial charge >= 0.3 is 0 Å². The number of aliphatic hydroxyl groups excluding tert-OH is 1. The molecule has 3 N–H and O–H groups in total. The van der Waals surface area contributed by atoms with Crippen LogP contribution in [0.4, 0.5) is 10.8 Å². The summed E-state index contributed by atoms with van der Waals surface area (Å²) in [5.74, 6) is 0.0463. The van der Waals surface area contributed by atoms with Gasteiger partial charge in [-0.25, -0.2) is 8.42 Å². The van der Waals surface area contributed by atoms with E-state index in [4.69, 9.17) is 10.5 Å². The molecule has 0 aliphatic heterocycles. The Morgan fingerprint density at radius 3 is 2.80 bits per heavy atom. The van der Waals surface area contributed by atoms with Gasteiger partial charge in [-0.1, -0.05) is 0 Å². The Kier molecular flexibility index (Phi) is 4.52. The largest absolute Gasteiger partial charge is 0.389 e. The molecule has 1 aromatic heterocycles. The molecule has 1 aliphatic rings. The van der Waals surface area contributed by atoms with Gasteiger partial charge in [-0.15, -0.1) is 0 Å². The van der Waals surface area contributed by atoms with E-state index in [9.17, 15) is 13.5 Å². The van der Waals surface area contributed by atoms with Crippen molar-refractivity contribution < 1.29 is 18.3 Å². The first-order valence-corrected chi connectivity index (χ1v) is 8.57. The fraction of sp³-hybridized carbons (Fsp3) is 0.727. The van der Waals surface area contributed by atoms with Gasteiger partial charge in [0.25, 0.3) is 0 Å². The van der Waals surface area contributed by atoms with E-state index in [0.29, 0.717) is 17.8 Å². The lowest BCUT2D eigenvalue weighted by molar-refractivity contribution is 0.0695. The summed E-state index contributed by atoms with van der Waals surface area (Å²) in [5, 5.41) is 9.88. The summed E-state index contributed by atoms with van der Waals surface area (Å²) in [5.41, 5.74) is 5.73. The summed E-state index contributed by atoms with van der Waals surface area (Å²) in [4.78, 5) is 1.77. The minimum Gasteiger partial charge on any atom is -0.389 e. The third-order valence-electron chi connectivity index (χ3n) is 3.10. The Hall–Kier alpha value is -0.900. The maximum Gasteiger partial charge on any atom is 0.187 e. The van der Waals surface area contributed by atoms with Crippen LogP contribution in [0.15, 0.2) is 4.90 Å². The van der Waals surface area contributed by atoms with Gasteiger partial charge in [0, 0.05) is 20.7 Å². The van der Waals surface area contributed by atoms with Crippen molar-refractivity contribution >= 4 is 32.2 Å². The molecule has 1 atom stereocenters. The number of ether oxygens (including phenoxy) is 1. The Balaban J connectivity index is 2.25. The molecule has 0 bridgehead atoms. The lowest BCUT2D eigenvalue weighted by Crippen LogP contribution is -2.32. The molecular formula is C11H19N3O4S2. The number of aromatic nitrogens is 1. The molecule has 2 rings (SSSR count). The van der Waals surface area contributed by atoms with Gasteiger partial charge < -0.3 is 20.5 Å². The second-order valence-electron chi connectivity index (χ2n) is 4.94. The molecule has 0 radical (unpaired) electrons. The average molecular weight is 321 g/mol. The quantitative estimate of drug-likeness (QED) is 0.734. The first kappa shape index (κ1) is 15.5. The summed E-state index contributed by atoms with van der Waals surface area (Å²) >= 11 is 1.04. The molecule has 1 unspecified atom stereocenters. The van der Waals surface area contributed by atoms with Crippen molar-refractivity contribution in [2.24, 2.45) is 0 Å². The Labute approximate surface area is 122 Å². The summed E-state index contributed by atoms with van der Waals surface area (Å²) in [7, 11) is -0.205. The van der Waals surface area contributed by atoms with E-state index in [-0.39, 0.29) is 29.1 Å². The van der Waals surface area contributed by atoms with E-state index in [1.807, 2.05) is 0 Å². The van der Waals surface area contributed by atoms with Crippen molar-refractivity contribution in [2.45, 2.75) is 29.1 Å². The van der Waals surface area contributed by atoms with Crippen molar-refractivity contribution in [2.75, 3.05) is 37.9 Å². The van der Waals surface area contributed by atoms with E-state index in [2.05, 4.69) is 4.37 Å². The molecule has 1 saturated carbocycles. The standard InChI is InChI=1S/C11H19N3O4S2/c1-14(5-7(15)6-18-2)11-9(10(12)13-19-11)20(16,17)8-3-4-8/h7-8,15H,3-6H2,1-2H3,(H2,12,13). The first-order valence-electron chi connectivity index (χ1n) is 6.25. The van der Waals surface area contributed by atoms with E-state index in [1.54, 1.807) is 11.9 Å². The monoisotopic (exact) mass is 321 g/mol. The second kappa shape index (κ2) is 5.84. The van der Waals surface area contributed by atoms with Crippen LogP contribution < -0.4 is 10.6 Å². The van der Waals surface area contributed by atoms with Crippen LogP contribution in [0.5, 0.6) is 0 Å². The van der Waals surface area contributed by atoms with Crippen LogP contribution in [0.3, 0.4) is 0 Å². The number of anilines is 2. The Morgan fingerprint density at radius 1 is 1.60 bits per heavy atom. The van der Waals surface area contributed by atoms with Crippen LogP contribution in [0.2, 0.25) is 0 Å². The lowest BCUT2D eigenvalue weighted by atomic mass is 10.3. The van der Waals surface area contributed by atoms with Crippen molar-refractivity contribution in [3.63, 3.8) is 0 Å². The molecule has 1 fully saturated rings. The van der Waals surface area contributed by atoms with E-state index < -0.39 is 15.9 Å². The van der Waals surface area contributed by atoms with Gasteiger partial charge in [0.05, 0.1) is 18.0 Å². The summed E-state index contributed by atoms with van der Waals surface area (Å²) in [6, 6.07) is 0. The number of likely N-dealkylation sites (N-methyl/N-ethyl adjacent to an activating group) is 1. The van der Waals surface area contributed by atoms with E-state index in [1.165, 1.54) is 7.11 Å². The molecule has 1 aromatic rings. The van der Waals surface area contributed by atoms with Gasteiger partial charge in [-0.3, -0.25) is 0 Å². The third kappa shape index (κ3) is 3.05. The zero-order chi connectivity index (χ0) is 14.9. The van der Waals surface area contributed by atoms with Gasteiger partial charge in [-0.2, -0.15) is 4.37 Å². The second-order valence-corrected chi connectivity index (χ2v) is 7.85. The number of nitrogens with two attached hydrogens (primary N) is 1. The maximum absolute atomic E-state index is 12.4.